The lowest BCUT2D eigenvalue weighted by Crippen LogP contribution is -2.47. The number of nitrogens with one attached hydrogen (secondary N) is 2. The van der Waals surface area contributed by atoms with Crippen LogP contribution in [-0.2, 0) is 35.2 Å². The number of rotatable bonds is 8. The van der Waals surface area contributed by atoms with Gasteiger partial charge in [-0.2, -0.15) is 0 Å². The number of ether oxygens (including phenoxy) is 3. The number of alkyl carbamates (subject to hydrolysis) is 1. The van der Waals surface area contributed by atoms with E-state index in [-0.39, 0.29) is 13.0 Å². The van der Waals surface area contributed by atoms with Gasteiger partial charge in [0.1, 0.15) is 19.2 Å². The van der Waals surface area contributed by atoms with Crippen LogP contribution in [-0.4, -0.2) is 50.7 Å². The number of amides is 2. The molecule has 9 nitrogen and oxygen atoms in total. The minimum absolute atomic E-state index is 0.0570. The normalized spacial score (nSPS) is 11.0. The van der Waals surface area contributed by atoms with Crippen molar-refractivity contribution < 1.29 is 33.4 Å². The van der Waals surface area contributed by atoms with Gasteiger partial charge in [-0.05, 0) is 5.56 Å². The lowest BCUT2D eigenvalue weighted by atomic mass is 10.2. The standard InChI is InChI=1S/C16H20N2O7/c1-23-14(20)8-12(15(21)24-2)18-13(19)9-17-16(22)25-10-11-6-4-3-5-7-11/h3-7,12H,8-10H2,1-2H3,(H,17,22)(H,18,19)/t12-/m0/s1. The van der Waals surface area contributed by atoms with Crippen molar-refractivity contribution in [2.45, 2.75) is 19.1 Å². The molecule has 9 heteroatoms. The number of benzene rings is 1. The number of carbonyl (C=O) groups excluding carboxylic acids is 4. The van der Waals surface area contributed by atoms with Gasteiger partial charge < -0.3 is 24.8 Å². The molecule has 2 N–H and O–H groups in total. The first-order chi connectivity index (χ1) is 12.0. The van der Waals surface area contributed by atoms with Crippen LogP contribution in [0, 0.1) is 0 Å². The van der Waals surface area contributed by atoms with E-state index in [1.54, 1.807) is 24.3 Å². The van der Waals surface area contributed by atoms with E-state index in [9.17, 15) is 19.2 Å². The van der Waals surface area contributed by atoms with E-state index in [4.69, 9.17) is 4.74 Å². The molecule has 0 aromatic heterocycles. The Morgan fingerprint density at radius 3 is 2.32 bits per heavy atom. The molecule has 1 aromatic carbocycles. The molecular weight excluding hydrogens is 332 g/mol. The number of esters is 2. The Hall–Kier alpha value is -3.10. The molecule has 0 saturated heterocycles. The summed E-state index contributed by atoms with van der Waals surface area (Å²) >= 11 is 0. The first-order valence-electron chi connectivity index (χ1n) is 7.34. The summed E-state index contributed by atoms with van der Waals surface area (Å²) < 4.78 is 13.9. The molecule has 136 valence electrons. The van der Waals surface area contributed by atoms with Crippen molar-refractivity contribution in [2.75, 3.05) is 20.8 Å². The molecule has 0 spiro atoms. The average Bonchev–Trinajstić information content (AvgIpc) is 2.64. The van der Waals surface area contributed by atoms with Gasteiger partial charge in [-0.1, -0.05) is 30.3 Å². The SMILES string of the molecule is COC(=O)C[C@H](NC(=O)CNC(=O)OCc1ccccc1)C(=O)OC. The third kappa shape index (κ3) is 7.82. The Balaban J connectivity index is 2.39. The Kier molecular flexibility index (Phi) is 8.48. The van der Waals surface area contributed by atoms with E-state index in [1.165, 1.54) is 0 Å². The van der Waals surface area contributed by atoms with Crippen molar-refractivity contribution in [2.24, 2.45) is 0 Å². The summed E-state index contributed by atoms with van der Waals surface area (Å²) in [5.74, 6) is -2.17. The van der Waals surface area contributed by atoms with E-state index in [0.29, 0.717) is 0 Å². The van der Waals surface area contributed by atoms with Crippen LogP contribution in [0.15, 0.2) is 30.3 Å². The van der Waals surface area contributed by atoms with Crippen LogP contribution in [0.3, 0.4) is 0 Å². The van der Waals surface area contributed by atoms with Crippen LogP contribution in [0.25, 0.3) is 0 Å². The minimum Gasteiger partial charge on any atom is -0.469 e. The predicted molar refractivity (Wildman–Crippen MR) is 85.2 cm³/mol. The van der Waals surface area contributed by atoms with Gasteiger partial charge in [0.25, 0.3) is 0 Å². The highest BCUT2D eigenvalue weighted by molar-refractivity contribution is 5.89. The fourth-order valence-electron chi connectivity index (χ4n) is 1.76. The summed E-state index contributed by atoms with van der Waals surface area (Å²) in [5.41, 5.74) is 0.797. The maximum atomic E-state index is 11.8. The van der Waals surface area contributed by atoms with Crippen LogP contribution in [0.5, 0.6) is 0 Å². The summed E-state index contributed by atoms with van der Waals surface area (Å²) in [7, 11) is 2.28. The third-order valence-electron chi connectivity index (χ3n) is 3.03. The molecular formula is C16H20N2O7. The maximum absolute atomic E-state index is 11.8. The van der Waals surface area contributed by atoms with Crippen LogP contribution in [0.4, 0.5) is 4.79 Å². The molecule has 1 rings (SSSR count). The fourth-order valence-corrected chi connectivity index (χ4v) is 1.76. The molecule has 1 aromatic rings. The lowest BCUT2D eigenvalue weighted by molar-refractivity contribution is -0.150. The van der Waals surface area contributed by atoms with Gasteiger partial charge in [-0.15, -0.1) is 0 Å². The second-order valence-electron chi connectivity index (χ2n) is 4.84. The fraction of sp³-hybridized carbons (Fsp3) is 0.375. The van der Waals surface area contributed by atoms with Crippen molar-refractivity contribution in [3.63, 3.8) is 0 Å². The van der Waals surface area contributed by atoms with Crippen molar-refractivity contribution in [3.05, 3.63) is 35.9 Å². The second kappa shape index (κ2) is 10.6. The van der Waals surface area contributed by atoms with Gasteiger partial charge in [0, 0.05) is 0 Å². The zero-order valence-corrected chi connectivity index (χ0v) is 13.9. The van der Waals surface area contributed by atoms with Crippen molar-refractivity contribution in [1.29, 1.82) is 0 Å². The van der Waals surface area contributed by atoms with Crippen molar-refractivity contribution in [1.82, 2.24) is 10.6 Å². The molecule has 0 aliphatic carbocycles. The van der Waals surface area contributed by atoms with Crippen LogP contribution in [0.2, 0.25) is 0 Å². The van der Waals surface area contributed by atoms with E-state index in [0.717, 1.165) is 19.8 Å². The van der Waals surface area contributed by atoms with Gasteiger partial charge >= 0.3 is 18.0 Å². The molecule has 0 unspecified atom stereocenters. The lowest BCUT2D eigenvalue weighted by Gasteiger charge is -2.15. The number of methoxy groups -OCH3 is 2. The molecule has 0 heterocycles. The van der Waals surface area contributed by atoms with E-state index in [2.05, 4.69) is 20.1 Å². The zero-order chi connectivity index (χ0) is 18.7. The first kappa shape index (κ1) is 19.9. The Labute approximate surface area is 144 Å². The highest BCUT2D eigenvalue weighted by Gasteiger charge is 2.25. The highest BCUT2D eigenvalue weighted by atomic mass is 16.5. The number of hydrogen-bond donors (Lipinski definition) is 2. The summed E-state index contributed by atoms with van der Waals surface area (Å²) in [4.78, 5) is 46.1. The average molecular weight is 352 g/mol. The molecule has 0 saturated carbocycles. The summed E-state index contributed by atoms with van der Waals surface area (Å²) in [6.07, 6.45) is -1.17. The molecule has 0 aliphatic rings. The molecule has 0 aliphatic heterocycles. The Bertz CT molecular complexity index is 604. The highest BCUT2D eigenvalue weighted by Crippen LogP contribution is 2.00. The maximum Gasteiger partial charge on any atom is 0.407 e. The van der Waals surface area contributed by atoms with Gasteiger partial charge in [0.05, 0.1) is 20.6 Å². The van der Waals surface area contributed by atoms with E-state index < -0.39 is 36.5 Å². The predicted octanol–water partition coefficient (Wildman–Crippen LogP) is 0.134. The van der Waals surface area contributed by atoms with Gasteiger partial charge in [-0.3, -0.25) is 9.59 Å². The smallest absolute Gasteiger partial charge is 0.407 e. The summed E-state index contributed by atoms with van der Waals surface area (Å²) in [6.45, 7) is -0.371. The Morgan fingerprint density at radius 1 is 1.04 bits per heavy atom. The van der Waals surface area contributed by atoms with Gasteiger partial charge in [0.15, 0.2) is 0 Å². The Morgan fingerprint density at radius 2 is 1.72 bits per heavy atom. The van der Waals surface area contributed by atoms with Crippen LogP contribution >= 0.6 is 0 Å². The zero-order valence-electron chi connectivity index (χ0n) is 13.9. The molecule has 0 fully saturated rings. The largest absolute Gasteiger partial charge is 0.469 e. The van der Waals surface area contributed by atoms with Crippen molar-refractivity contribution >= 4 is 23.9 Å². The molecule has 0 radical (unpaired) electrons. The van der Waals surface area contributed by atoms with Gasteiger partial charge in [-0.25, -0.2) is 9.59 Å². The minimum atomic E-state index is -1.20. The topological polar surface area (TPSA) is 120 Å². The summed E-state index contributed by atoms with van der Waals surface area (Å²) in [5, 5.41) is 4.52. The molecule has 1 atom stereocenters. The third-order valence-corrected chi connectivity index (χ3v) is 3.03. The van der Waals surface area contributed by atoms with E-state index >= 15 is 0 Å². The quantitative estimate of drug-likeness (QED) is 0.504. The molecule has 25 heavy (non-hydrogen) atoms. The van der Waals surface area contributed by atoms with Crippen LogP contribution < -0.4 is 10.6 Å². The second-order valence-corrected chi connectivity index (χ2v) is 4.84. The number of hydrogen-bond acceptors (Lipinski definition) is 7. The molecule has 2 amide bonds. The summed E-state index contributed by atoms with van der Waals surface area (Å²) in [6, 6.07) is 7.81. The monoisotopic (exact) mass is 352 g/mol. The number of carbonyl (C=O) groups is 4. The first-order valence-corrected chi connectivity index (χ1v) is 7.34. The van der Waals surface area contributed by atoms with Gasteiger partial charge in [0.2, 0.25) is 5.91 Å². The van der Waals surface area contributed by atoms with E-state index in [1.807, 2.05) is 6.07 Å². The molecule has 0 bridgehead atoms. The van der Waals surface area contributed by atoms with Crippen molar-refractivity contribution in [3.8, 4) is 0 Å². The van der Waals surface area contributed by atoms with Crippen LogP contribution in [0.1, 0.15) is 12.0 Å².